The van der Waals surface area contributed by atoms with Gasteiger partial charge in [-0.2, -0.15) is 0 Å². The third kappa shape index (κ3) is 8.38. The Morgan fingerprint density at radius 1 is 1.67 bits per heavy atom. The molecule has 0 aromatic rings. The van der Waals surface area contributed by atoms with Gasteiger partial charge in [0.05, 0.1) is 0 Å². The summed E-state index contributed by atoms with van der Waals surface area (Å²) in [6.07, 6.45) is 0.326. The number of carboxylic acids is 1. The van der Waals surface area contributed by atoms with Gasteiger partial charge in [0.1, 0.15) is 0 Å². The van der Waals surface area contributed by atoms with E-state index in [0.29, 0.717) is 19.5 Å². The average molecular weight is 364 g/mol. The number of carbonyl (C=O) groups is 1. The molecule has 5 nitrogen and oxygen atoms in total. The Bertz CT molecular complexity index is 119. The summed E-state index contributed by atoms with van der Waals surface area (Å²) in [5, 5.41) is 7.42. The van der Waals surface area contributed by atoms with E-state index < -0.39 is 5.97 Å². The maximum absolute atomic E-state index is 9.00. The first-order valence-corrected chi connectivity index (χ1v) is 7.40. The van der Waals surface area contributed by atoms with Gasteiger partial charge in [0.2, 0.25) is 0 Å². The summed E-state index contributed by atoms with van der Waals surface area (Å²) in [5.74, 6) is -0.833. The molecule has 1 saturated heterocycles. The van der Waals surface area contributed by atoms with E-state index in [1.54, 1.807) is 0 Å². The number of aliphatic carboxylic acids is 1. The SMILES string of the molecule is CC(=O)O.[Hg][CH2]C1COOCO1. The minimum atomic E-state index is -0.833. The first kappa shape index (κ1) is 12.3. The molecule has 1 fully saturated rings. The van der Waals surface area contributed by atoms with Crippen molar-refractivity contribution in [2.24, 2.45) is 0 Å². The molecule has 0 bridgehead atoms. The molecule has 1 atom stereocenters. The summed E-state index contributed by atoms with van der Waals surface area (Å²) in [6, 6.07) is 0. The summed E-state index contributed by atoms with van der Waals surface area (Å²) in [5.41, 5.74) is 0. The van der Waals surface area contributed by atoms with E-state index in [4.69, 9.17) is 14.6 Å². The van der Waals surface area contributed by atoms with Gasteiger partial charge >= 0.3 is 64.1 Å². The van der Waals surface area contributed by atoms with Crippen LogP contribution in [0.1, 0.15) is 6.92 Å². The van der Waals surface area contributed by atoms with Gasteiger partial charge in [-0.25, -0.2) is 0 Å². The van der Waals surface area contributed by atoms with E-state index >= 15 is 0 Å². The van der Waals surface area contributed by atoms with Gasteiger partial charge < -0.3 is 5.11 Å². The number of ether oxygens (including phenoxy) is 1. The molecule has 1 N–H and O–H groups in total. The van der Waals surface area contributed by atoms with E-state index in [-0.39, 0.29) is 0 Å². The average Bonchev–Trinajstić information content (AvgIpc) is 2.05. The van der Waals surface area contributed by atoms with Crippen LogP contribution >= 0.6 is 0 Å². The van der Waals surface area contributed by atoms with Gasteiger partial charge in [-0.15, -0.1) is 0 Å². The molecule has 6 heteroatoms. The third-order valence-electron chi connectivity index (χ3n) is 1.01. The summed E-state index contributed by atoms with van der Waals surface area (Å²) < 4.78 is 6.31. The monoisotopic (exact) mass is 365 g/mol. The van der Waals surface area contributed by atoms with Gasteiger partial charge in [0, 0.05) is 6.92 Å². The van der Waals surface area contributed by atoms with Crippen molar-refractivity contribution in [3.8, 4) is 0 Å². The van der Waals surface area contributed by atoms with Gasteiger partial charge in [-0.05, 0) is 0 Å². The van der Waals surface area contributed by atoms with Crippen molar-refractivity contribution in [3.05, 3.63) is 0 Å². The second-order valence-corrected chi connectivity index (χ2v) is 4.36. The Labute approximate surface area is 86.9 Å². The molecule has 0 saturated carbocycles. The van der Waals surface area contributed by atoms with Crippen LogP contribution in [0.15, 0.2) is 0 Å². The number of hydrogen-bond acceptors (Lipinski definition) is 4. The van der Waals surface area contributed by atoms with Crippen molar-refractivity contribution in [1.29, 1.82) is 0 Å². The Morgan fingerprint density at radius 3 is 2.50 bits per heavy atom. The van der Waals surface area contributed by atoms with Gasteiger partial charge in [-0.3, -0.25) is 4.79 Å². The van der Waals surface area contributed by atoms with Gasteiger partial charge in [0.15, 0.2) is 0 Å². The molecule has 1 aliphatic rings. The minimum absolute atomic E-state index is 0.307. The molecule has 0 radical (unpaired) electrons. The van der Waals surface area contributed by atoms with Gasteiger partial charge in [0.25, 0.3) is 5.97 Å². The maximum atomic E-state index is 9.00. The van der Waals surface area contributed by atoms with E-state index in [2.05, 4.69) is 9.78 Å². The van der Waals surface area contributed by atoms with Crippen LogP contribution in [0.4, 0.5) is 0 Å². The second-order valence-electron chi connectivity index (χ2n) is 2.12. The molecular weight excluding hydrogens is 353 g/mol. The molecule has 1 unspecified atom stereocenters. The fraction of sp³-hybridized carbons (Fsp3) is 0.833. The van der Waals surface area contributed by atoms with E-state index in [0.717, 1.165) is 33.0 Å². The normalized spacial score (nSPS) is 22.4. The molecule has 1 heterocycles. The first-order chi connectivity index (χ1) is 5.66. The summed E-state index contributed by atoms with van der Waals surface area (Å²) in [7, 11) is 0. The van der Waals surface area contributed by atoms with Crippen LogP contribution in [-0.2, 0) is 45.4 Å². The van der Waals surface area contributed by atoms with Crippen LogP contribution in [0, 0.1) is 0 Å². The molecule has 67 valence electrons. The van der Waals surface area contributed by atoms with E-state index in [9.17, 15) is 0 Å². The third-order valence-corrected chi connectivity index (χ3v) is 3.51. The molecule has 0 aromatic carbocycles. The molecule has 0 spiro atoms. The quantitative estimate of drug-likeness (QED) is 0.538. The van der Waals surface area contributed by atoms with Crippen LogP contribution in [0.25, 0.3) is 0 Å². The molecule has 1 rings (SSSR count). The van der Waals surface area contributed by atoms with Crippen LogP contribution < -0.4 is 0 Å². The van der Waals surface area contributed by atoms with Crippen molar-refractivity contribution in [1.82, 2.24) is 0 Å². The van der Waals surface area contributed by atoms with Crippen molar-refractivity contribution in [2.75, 3.05) is 13.4 Å². The van der Waals surface area contributed by atoms with Crippen molar-refractivity contribution < 1.29 is 50.5 Å². The van der Waals surface area contributed by atoms with Crippen LogP contribution in [0.5, 0.6) is 0 Å². The number of rotatable bonds is 1. The standard InChI is InChI=1S/C4H7O3.C2H4O2.Hg/c1-4-2-6-7-3-5-4;1-2(3)4;/h4H,1-3H2;1H3,(H,3,4);. The van der Waals surface area contributed by atoms with Gasteiger partial charge in [-0.1, -0.05) is 0 Å². The Morgan fingerprint density at radius 2 is 2.25 bits per heavy atom. The number of hydrogen-bond donors (Lipinski definition) is 1. The molecule has 0 aromatic heterocycles. The fourth-order valence-corrected chi connectivity index (χ4v) is 1.79. The topological polar surface area (TPSA) is 65.0 Å². The van der Waals surface area contributed by atoms with Crippen LogP contribution in [0.3, 0.4) is 0 Å². The van der Waals surface area contributed by atoms with Crippen molar-refractivity contribution >= 4 is 5.97 Å². The summed E-state index contributed by atoms with van der Waals surface area (Å²) in [6.45, 7) is 2.01. The van der Waals surface area contributed by atoms with Crippen molar-refractivity contribution in [3.63, 3.8) is 0 Å². The van der Waals surface area contributed by atoms with E-state index in [1.807, 2.05) is 0 Å². The Hall–Kier alpha value is 0.285. The van der Waals surface area contributed by atoms with Crippen molar-refractivity contribution in [2.45, 2.75) is 17.0 Å². The fourth-order valence-electron chi connectivity index (χ4n) is 0.497. The Balaban J connectivity index is 0.000000261. The predicted octanol–water partition coefficient (Wildman–Crippen LogP) is 0.347. The molecule has 0 aliphatic carbocycles. The molecule has 12 heavy (non-hydrogen) atoms. The number of carboxylic acid groups (broad SMARTS) is 1. The molecule has 0 amide bonds. The zero-order valence-corrected chi connectivity index (χ0v) is 12.5. The zero-order chi connectivity index (χ0) is 9.40. The van der Waals surface area contributed by atoms with Crippen LogP contribution in [0.2, 0.25) is 3.93 Å². The van der Waals surface area contributed by atoms with Crippen LogP contribution in [-0.4, -0.2) is 30.6 Å². The predicted molar refractivity (Wildman–Crippen MR) is 34.9 cm³/mol. The second kappa shape index (κ2) is 7.91. The summed E-state index contributed by atoms with van der Waals surface area (Å²) in [4.78, 5) is 18.2. The first-order valence-electron chi connectivity index (χ1n) is 3.51. The molecule has 1 aliphatic heterocycles. The zero-order valence-electron chi connectivity index (χ0n) is 6.99. The molecular formula is C6H11HgO5. The summed E-state index contributed by atoms with van der Waals surface area (Å²) >= 11 is 0.815. The van der Waals surface area contributed by atoms with E-state index in [1.165, 1.54) is 3.93 Å². The Kier molecular flexibility index (Phi) is 8.10.